The molecule has 5 heteroatoms. The van der Waals surface area contributed by atoms with Crippen LogP contribution in [0.5, 0.6) is 0 Å². The van der Waals surface area contributed by atoms with Crippen LogP contribution in [0.4, 0.5) is 16.2 Å². The number of anilines is 2. The second kappa shape index (κ2) is 7.13. The van der Waals surface area contributed by atoms with Gasteiger partial charge in [-0.1, -0.05) is 13.0 Å². The highest BCUT2D eigenvalue weighted by atomic mass is 32.1. The van der Waals surface area contributed by atoms with Crippen LogP contribution in [0.15, 0.2) is 36.4 Å². The molecular formula is C16H20N2O2S. The van der Waals surface area contributed by atoms with Gasteiger partial charge in [-0.2, -0.15) is 0 Å². The Balaban J connectivity index is 2.04. The van der Waals surface area contributed by atoms with E-state index in [0.717, 1.165) is 12.1 Å². The molecule has 0 spiro atoms. The molecule has 1 aromatic carbocycles. The van der Waals surface area contributed by atoms with Crippen molar-refractivity contribution in [2.45, 2.75) is 26.3 Å². The summed E-state index contributed by atoms with van der Waals surface area (Å²) in [7, 11) is 1.35. The van der Waals surface area contributed by atoms with E-state index in [1.807, 2.05) is 35.6 Å². The molecule has 2 N–H and O–H groups in total. The molecule has 0 radical (unpaired) electrons. The van der Waals surface area contributed by atoms with E-state index in [2.05, 4.69) is 41.4 Å². The fourth-order valence-corrected chi connectivity index (χ4v) is 2.95. The van der Waals surface area contributed by atoms with Crippen molar-refractivity contribution < 1.29 is 9.53 Å². The van der Waals surface area contributed by atoms with Crippen molar-refractivity contribution in [3.8, 4) is 0 Å². The van der Waals surface area contributed by atoms with Crippen molar-refractivity contribution in [1.82, 2.24) is 0 Å². The highest BCUT2D eigenvalue weighted by molar-refractivity contribution is 7.12. The number of carbonyl (C=O) groups is 1. The molecule has 2 rings (SSSR count). The summed E-state index contributed by atoms with van der Waals surface area (Å²) >= 11 is 1.83. The third kappa shape index (κ3) is 4.23. The number of thiophene rings is 1. The molecule has 1 unspecified atom stereocenters. The number of ether oxygens (including phenoxy) is 1. The van der Waals surface area contributed by atoms with E-state index in [-0.39, 0.29) is 6.04 Å². The fraction of sp³-hybridized carbons (Fsp3) is 0.312. The van der Waals surface area contributed by atoms with E-state index in [1.165, 1.54) is 16.9 Å². The minimum absolute atomic E-state index is 0.226. The van der Waals surface area contributed by atoms with E-state index in [0.29, 0.717) is 5.69 Å². The van der Waals surface area contributed by atoms with Crippen LogP contribution >= 0.6 is 11.3 Å². The summed E-state index contributed by atoms with van der Waals surface area (Å²) < 4.78 is 4.59. The van der Waals surface area contributed by atoms with Crippen molar-refractivity contribution in [2.75, 3.05) is 17.7 Å². The molecule has 0 aliphatic rings. The van der Waals surface area contributed by atoms with Gasteiger partial charge in [-0.15, -0.1) is 11.3 Å². The molecule has 2 aromatic rings. The summed E-state index contributed by atoms with van der Waals surface area (Å²) in [4.78, 5) is 13.9. The van der Waals surface area contributed by atoms with E-state index in [9.17, 15) is 4.79 Å². The Labute approximate surface area is 129 Å². The van der Waals surface area contributed by atoms with Gasteiger partial charge >= 0.3 is 6.09 Å². The summed E-state index contributed by atoms with van der Waals surface area (Å²) in [6.07, 6.45) is 0.599. The van der Waals surface area contributed by atoms with Crippen molar-refractivity contribution >= 4 is 28.8 Å². The Kier molecular flexibility index (Phi) is 5.22. The van der Waals surface area contributed by atoms with Gasteiger partial charge in [-0.05, 0) is 43.7 Å². The molecule has 21 heavy (non-hydrogen) atoms. The minimum Gasteiger partial charge on any atom is -0.453 e. The zero-order chi connectivity index (χ0) is 15.2. The molecule has 112 valence electrons. The summed E-state index contributed by atoms with van der Waals surface area (Å²) in [6.45, 7) is 4.29. The lowest BCUT2D eigenvalue weighted by atomic mass is 10.2. The first-order valence-corrected chi connectivity index (χ1v) is 7.74. The Bertz CT molecular complexity index is 610. The Morgan fingerprint density at radius 2 is 2.05 bits per heavy atom. The molecule has 0 saturated carbocycles. The van der Waals surface area contributed by atoms with Crippen LogP contribution in [-0.2, 0) is 11.2 Å². The third-order valence-corrected chi connectivity index (χ3v) is 4.55. The van der Waals surface area contributed by atoms with Crippen LogP contribution in [0.3, 0.4) is 0 Å². The number of carbonyl (C=O) groups excluding carboxylic acids is 1. The van der Waals surface area contributed by atoms with Crippen molar-refractivity contribution in [2.24, 2.45) is 0 Å². The van der Waals surface area contributed by atoms with Gasteiger partial charge in [0.15, 0.2) is 0 Å². The molecule has 1 amide bonds. The molecule has 1 heterocycles. The summed E-state index contributed by atoms with van der Waals surface area (Å²) in [6, 6.07) is 12.2. The molecule has 0 aliphatic heterocycles. The third-order valence-electron chi connectivity index (χ3n) is 3.14. The molecule has 0 saturated heterocycles. The predicted molar refractivity (Wildman–Crippen MR) is 88.2 cm³/mol. The van der Waals surface area contributed by atoms with E-state index >= 15 is 0 Å². The van der Waals surface area contributed by atoms with Gasteiger partial charge in [0.25, 0.3) is 0 Å². The van der Waals surface area contributed by atoms with Crippen LogP contribution in [0.25, 0.3) is 0 Å². The Hall–Kier alpha value is -2.01. The van der Waals surface area contributed by atoms with Crippen LogP contribution < -0.4 is 10.6 Å². The Morgan fingerprint density at radius 3 is 2.71 bits per heavy atom. The second-order valence-corrected chi connectivity index (χ2v) is 5.92. The maximum absolute atomic E-state index is 11.2. The highest BCUT2D eigenvalue weighted by Crippen LogP contribution is 2.27. The molecule has 1 atom stereocenters. The lowest BCUT2D eigenvalue weighted by Gasteiger charge is -2.14. The smallest absolute Gasteiger partial charge is 0.411 e. The zero-order valence-electron chi connectivity index (χ0n) is 12.5. The van der Waals surface area contributed by atoms with Gasteiger partial charge in [-0.25, -0.2) is 4.79 Å². The number of aryl methyl sites for hydroxylation is 1. The normalized spacial score (nSPS) is 11.8. The topological polar surface area (TPSA) is 50.4 Å². The van der Waals surface area contributed by atoms with E-state index in [4.69, 9.17) is 0 Å². The maximum atomic E-state index is 11.2. The van der Waals surface area contributed by atoms with Gasteiger partial charge in [0.05, 0.1) is 13.2 Å². The monoisotopic (exact) mass is 304 g/mol. The number of nitrogens with one attached hydrogen (secondary N) is 2. The van der Waals surface area contributed by atoms with Crippen LogP contribution in [0, 0.1) is 0 Å². The lowest BCUT2D eigenvalue weighted by molar-refractivity contribution is 0.187. The summed E-state index contributed by atoms with van der Waals surface area (Å²) in [5, 5.41) is 6.11. The minimum atomic E-state index is -0.467. The van der Waals surface area contributed by atoms with Gasteiger partial charge < -0.3 is 10.1 Å². The number of methoxy groups -OCH3 is 1. The molecule has 1 aromatic heterocycles. The summed E-state index contributed by atoms with van der Waals surface area (Å²) in [5.74, 6) is 0. The second-order valence-electron chi connectivity index (χ2n) is 4.72. The van der Waals surface area contributed by atoms with Gasteiger partial charge in [0, 0.05) is 21.1 Å². The number of hydrogen-bond donors (Lipinski definition) is 2. The molecule has 0 fully saturated rings. The standard InChI is InChI=1S/C16H20N2O2S/c1-4-14-8-9-15(21-14)11(2)17-12-6-5-7-13(10-12)18-16(19)20-3/h5-11,17H,4H2,1-3H3,(H,18,19). The average Bonchev–Trinajstić information content (AvgIpc) is 2.96. The SMILES string of the molecule is CCc1ccc(C(C)Nc2cccc(NC(=O)OC)c2)s1. The quantitative estimate of drug-likeness (QED) is 0.844. The first-order valence-electron chi connectivity index (χ1n) is 6.92. The summed E-state index contributed by atoms with van der Waals surface area (Å²) in [5.41, 5.74) is 1.67. The number of amides is 1. The van der Waals surface area contributed by atoms with Gasteiger partial charge in [0.2, 0.25) is 0 Å². The van der Waals surface area contributed by atoms with E-state index < -0.39 is 6.09 Å². The largest absolute Gasteiger partial charge is 0.453 e. The first-order chi connectivity index (χ1) is 10.1. The van der Waals surface area contributed by atoms with Gasteiger partial charge in [-0.3, -0.25) is 5.32 Å². The van der Waals surface area contributed by atoms with Crippen LogP contribution in [-0.4, -0.2) is 13.2 Å². The molecule has 4 nitrogen and oxygen atoms in total. The average molecular weight is 304 g/mol. The van der Waals surface area contributed by atoms with E-state index in [1.54, 1.807) is 0 Å². The van der Waals surface area contributed by atoms with Crippen molar-refractivity contribution in [1.29, 1.82) is 0 Å². The number of rotatable bonds is 5. The van der Waals surface area contributed by atoms with Crippen LogP contribution in [0.1, 0.15) is 29.6 Å². The van der Waals surface area contributed by atoms with Crippen LogP contribution in [0.2, 0.25) is 0 Å². The predicted octanol–water partition coefficient (Wildman–Crippen LogP) is 4.66. The molecule has 0 bridgehead atoms. The maximum Gasteiger partial charge on any atom is 0.411 e. The molecular weight excluding hydrogens is 284 g/mol. The number of hydrogen-bond acceptors (Lipinski definition) is 4. The highest BCUT2D eigenvalue weighted by Gasteiger charge is 2.09. The van der Waals surface area contributed by atoms with Crippen molar-refractivity contribution in [3.63, 3.8) is 0 Å². The lowest BCUT2D eigenvalue weighted by Crippen LogP contribution is -2.11. The zero-order valence-corrected chi connectivity index (χ0v) is 13.3. The Morgan fingerprint density at radius 1 is 1.29 bits per heavy atom. The van der Waals surface area contributed by atoms with Gasteiger partial charge in [0.1, 0.15) is 0 Å². The molecule has 0 aliphatic carbocycles. The van der Waals surface area contributed by atoms with Crippen molar-refractivity contribution in [3.05, 3.63) is 46.2 Å². The fourth-order valence-electron chi connectivity index (χ4n) is 1.99. The number of benzene rings is 1. The first kappa shape index (κ1) is 15.4.